The second kappa shape index (κ2) is 45.9. The van der Waals surface area contributed by atoms with Crippen molar-refractivity contribution in [3.05, 3.63) is 0 Å². The molecular weight excluding hydrogens is 1400 g/mol. The third kappa shape index (κ3) is 31.2. The van der Waals surface area contributed by atoms with Crippen molar-refractivity contribution in [3.8, 4) is 0 Å². The van der Waals surface area contributed by atoms with E-state index in [1.165, 1.54) is 9.80 Å². The van der Waals surface area contributed by atoms with Crippen molar-refractivity contribution in [2.75, 3.05) is 79.1 Å². The second-order valence-corrected chi connectivity index (χ2v) is 31.1. The molecule has 598 valence electrons. The summed E-state index contributed by atoms with van der Waals surface area (Å²) in [5.41, 5.74) is 0. The summed E-state index contributed by atoms with van der Waals surface area (Å²) in [4.78, 5) is 99.2. The van der Waals surface area contributed by atoms with Gasteiger partial charge in [0.1, 0.15) is 59.8 Å². The number of phosphoric ester groups is 2. The number of rotatable bonds is 46. The zero-order valence-corrected chi connectivity index (χ0v) is 62.2. The van der Waals surface area contributed by atoms with Gasteiger partial charge in [-0.1, -0.05) is 20.8 Å². The van der Waals surface area contributed by atoms with Crippen LogP contribution in [0.2, 0.25) is 0 Å². The van der Waals surface area contributed by atoms with Crippen LogP contribution < -0.4 is 5.32 Å². The Balaban J connectivity index is 0.000000671. The number of hydrogen-bond acceptors (Lipinski definition) is 30. The fraction of sp³-hybridized carbons (Fsp3) is 0.910. The van der Waals surface area contributed by atoms with Crippen LogP contribution in [0.3, 0.4) is 0 Å². The number of ketones is 4. The van der Waals surface area contributed by atoms with Gasteiger partial charge in [0, 0.05) is 101 Å². The maximum atomic E-state index is 13.7. The quantitative estimate of drug-likeness (QED) is 0.0298. The molecule has 0 saturated carbocycles. The number of aliphatic hydroxyl groups is 10. The second-order valence-electron chi connectivity index (χ2n) is 28.3. The zero-order chi connectivity index (χ0) is 76.1. The summed E-state index contributed by atoms with van der Waals surface area (Å²) < 4.78 is 87.5. The number of nitrogens with one attached hydrogen (secondary N) is 1. The Labute approximate surface area is 603 Å². The van der Waals surface area contributed by atoms with E-state index in [0.717, 1.165) is 12.8 Å². The van der Waals surface area contributed by atoms with Gasteiger partial charge in [0.2, 0.25) is 11.8 Å². The summed E-state index contributed by atoms with van der Waals surface area (Å²) in [6, 6.07) is -1.81. The third-order valence-corrected chi connectivity index (χ3v) is 21.4. The number of Topliss-reactive ketones (excluding diaryl/α,β-unsaturated/α-hetero) is 4. The maximum Gasteiger partial charge on any atom is 0.472 e. The molecule has 23 atom stereocenters. The lowest BCUT2D eigenvalue weighted by molar-refractivity contribution is -0.282. The van der Waals surface area contributed by atoms with Crippen molar-refractivity contribution in [1.82, 2.24) is 15.1 Å². The lowest BCUT2D eigenvalue weighted by atomic mass is 9.92. The SMILES string of the molecule is CC(=O)CCCCC(=O)CCCO[C@@H]1OC(CO)[C@H](O)[C@H](O)C1C.CC(C)OC[C@@H]1C[C@@H](OP(=O)(O)OC[C@@H]2C[C@@H](OP(=O)(O)OC[C@@H]3C[C@@H](O)CN3C(=O)CCCCC(=O)CCCO[C@@H]3OC(CO)[C@H](O)[C@H](O)C3C)CN2C(=O)CCCCC(=O)CCCO[C@@H]2OC(CO)[C@H](O)[C@H](O)C2C)CN1. The fourth-order valence-corrected chi connectivity index (χ4v) is 15.0. The number of aliphatic hydroxyl groups excluding tert-OH is 10. The van der Waals surface area contributed by atoms with E-state index in [1.54, 1.807) is 27.7 Å². The minimum Gasteiger partial charge on any atom is -0.394 e. The molecule has 0 aromatic rings. The van der Waals surface area contributed by atoms with Crippen LogP contribution in [0, 0.1) is 17.8 Å². The molecule has 6 fully saturated rings. The maximum absolute atomic E-state index is 13.7. The van der Waals surface area contributed by atoms with E-state index in [4.69, 9.17) is 56.4 Å². The predicted molar refractivity (Wildman–Crippen MR) is 362 cm³/mol. The number of unbranched alkanes of at least 4 members (excludes halogenated alkanes) is 3. The number of nitrogens with zero attached hydrogens (tertiary/aromatic N) is 2. The van der Waals surface area contributed by atoms with Crippen LogP contribution >= 0.6 is 15.6 Å². The lowest BCUT2D eigenvalue weighted by Gasteiger charge is -2.40. The molecule has 36 heteroatoms. The van der Waals surface area contributed by atoms with E-state index >= 15 is 0 Å². The van der Waals surface area contributed by atoms with Gasteiger partial charge in [-0.15, -0.1) is 0 Å². The predicted octanol–water partition coefficient (Wildman–Crippen LogP) is 0.920. The van der Waals surface area contributed by atoms with Crippen molar-refractivity contribution >= 4 is 50.6 Å². The highest BCUT2D eigenvalue weighted by Gasteiger charge is 2.47. The first-order valence-electron chi connectivity index (χ1n) is 36.5. The first-order chi connectivity index (χ1) is 48.8. The number of carbonyl (C=O) groups excluding carboxylic acids is 6. The van der Waals surface area contributed by atoms with Gasteiger partial charge >= 0.3 is 15.6 Å². The minimum atomic E-state index is -4.90. The van der Waals surface area contributed by atoms with Gasteiger partial charge in [-0.3, -0.25) is 42.1 Å². The number of hydrogen-bond donors (Lipinski definition) is 13. The minimum absolute atomic E-state index is 0.0119. The number of amides is 2. The molecule has 0 radical (unpaired) electrons. The van der Waals surface area contributed by atoms with E-state index in [9.17, 15) is 93.6 Å². The Bertz CT molecular complexity index is 2650. The topological polar surface area (TPSA) is 499 Å². The third-order valence-electron chi connectivity index (χ3n) is 19.3. The average Bonchev–Trinajstić information content (AvgIpc) is 1.50. The summed E-state index contributed by atoms with van der Waals surface area (Å²) in [5.74, 6) is -2.20. The first-order valence-corrected chi connectivity index (χ1v) is 39.5. The Morgan fingerprint density at radius 1 is 0.476 bits per heavy atom. The van der Waals surface area contributed by atoms with Crippen LogP contribution in [0.5, 0.6) is 0 Å². The summed E-state index contributed by atoms with van der Waals surface area (Å²) in [6.07, 6.45) is -8.52. The number of β-amino-alcohol motifs (C(OH)–C–C–N with tert-alkyl or cyclic N) is 1. The number of likely N-dealkylation sites (tertiary alicyclic amines) is 2. The van der Waals surface area contributed by atoms with E-state index in [2.05, 4.69) is 5.32 Å². The van der Waals surface area contributed by atoms with Crippen molar-refractivity contribution < 1.29 is 150 Å². The largest absolute Gasteiger partial charge is 0.472 e. The Morgan fingerprint density at radius 2 is 0.835 bits per heavy atom. The zero-order valence-electron chi connectivity index (χ0n) is 60.4. The molecule has 0 bridgehead atoms. The molecule has 6 aliphatic rings. The standard InChI is InChI=1S/C50H89N3O24P2.C17H30O7/c1-30(2)71-27-33-19-39(22-51-33)76-78(65,66)73-29-35-21-40(24-53(35)44(60)16-8-6-12-37(57)14-10-18-70-50-32(4)46(62)48(64)42(26-55)75-50)77-79(67,68)72-28-34-20-38(58)23-52(34)43(59)15-7-5-11-36(56)13-9-17-69-49-31(3)45(61)47(63)41(25-54)74-49;1-11(19)6-3-4-7-13(20)8-5-9-23-17-12(2)15(21)16(22)14(10-18)24-17/h30-35,38-42,45-51,54-55,58,61-64H,5-29H2,1-4H3,(H,65,66)(H,67,68);12,14-18,21-22H,3-10H2,1-2H3/t31?,32?,33-,34-,35-,38+,39+,40+,41?,42?,45+,46+,47-,48-,49+,50+;12?,14?,15-,16+,17-/m01/s1. The van der Waals surface area contributed by atoms with Crippen molar-refractivity contribution in [2.45, 2.75) is 293 Å². The van der Waals surface area contributed by atoms with Gasteiger partial charge in [-0.05, 0) is 97.8 Å². The molecule has 6 heterocycles. The molecular formula is C67H119N3O31P2. The normalized spacial score (nSPS) is 33.0. The number of carbonyl (C=O) groups is 6. The Morgan fingerprint density at radius 3 is 1.22 bits per heavy atom. The molecule has 6 rings (SSSR count). The molecule has 103 heavy (non-hydrogen) atoms. The van der Waals surface area contributed by atoms with Crippen LogP contribution in [0.15, 0.2) is 0 Å². The molecule has 6 saturated heterocycles. The highest BCUT2D eigenvalue weighted by Crippen LogP contribution is 2.49. The van der Waals surface area contributed by atoms with E-state index in [1.807, 2.05) is 13.8 Å². The number of phosphoric acid groups is 2. The molecule has 0 aromatic carbocycles. The van der Waals surface area contributed by atoms with E-state index < -0.39 is 177 Å². The lowest BCUT2D eigenvalue weighted by Crippen LogP contribution is -2.55. The molecule has 0 spiro atoms. The molecule has 0 aromatic heterocycles. The van der Waals surface area contributed by atoms with Gasteiger partial charge in [-0.25, -0.2) is 9.13 Å². The first kappa shape index (κ1) is 90.7. The van der Waals surface area contributed by atoms with E-state index in [-0.39, 0.29) is 132 Å². The molecule has 13 N–H and O–H groups in total. The number of ether oxygens (including phenoxy) is 7. The monoisotopic (exact) mass is 1520 g/mol. The molecule has 8 unspecified atom stereocenters. The van der Waals surface area contributed by atoms with Crippen LogP contribution in [0.25, 0.3) is 0 Å². The van der Waals surface area contributed by atoms with E-state index in [0.29, 0.717) is 77.4 Å². The average molecular weight is 1520 g/mol. The smallest absolute Gasteiger partial charge is 0.394 e. The molecule has 0 aliphatic carbocycles. The van der Waals surface area contributed by atoms with Gasteiger partial charge < -0.3 is 114 Å². The molecule has 2 amide bonds. The summed E-state index contributed by atoms with van der Waals surface area (Å²) in [7, 11) is -9.58. The molecule has 34 nitrogen and oxygen atoms in total. The Kier molecular flexibility index (Phi) is 40.5. The molecule has 6 aliphatic heterocycles. The van der Waals surface area contributed by atoms with Crippen LogP contribution in [-0.2, 0) is 89.2 Å². The highest BCUT2D eigenvalue weighted by atomic mass is 31.2. The van der Waals surface area contributed by atoms with Crippen molar-refractivity contribution in [2.24, 2.45) is 17.8 Å². The van der Waals surface area contributed by atoms with Crippen LogP contribution in [0.1, 0.15) is 176 Å². The van der Waals surface area contributed by atoms with Crippen LogP contribution in [0.4, 0.5) is 0 Å². The summed E-state index contributed by atoms with van der Waals surface area (Å²) in [5, 5.41) is 102. The van der Waals surface area contributed by atoms with Crippen molar-refractivity contribution in [3.63, 3.8) is 0 Å². The van der Waals surface area contributed by atoms with Crippen LogP contribution in [-0.4, -0.2) is 301 Å². The summed E-state index contributed by atoms with van der Waals surface area (Å²) in [6.45, 7) is 8.86. The highest BCUT2D eigenvalue weighted by molar-refractivity contribution is 7.47. The van der Waals surface area contributed by atoms with Crippen molar-refractivity contribution in [1.29, 1.82) is 0 Å². The Hall–Kier alpha value is -2.88. The van der Waals surface area contributed by atoms with Gasteiger partial charge in [0.05, 0.1) is 114 Å². The van der Waals surface area contributed by atoms with Gasteiger partial charge in [0.15, 0.2) is 18.9 Å². The summed E-state index contributed by atoms with van der Waals surface area (Å²) >= 11 is 0. The van der Waals surface area contributed by atoms with Gasteiger partial charge in [0.25, 0.3) is 0 Å². The fourth-order valence-electron chi connectivity index (χ4n) is 13.1. The van der Waals surface area contributed by atoms with Gasteiger partial charge in [-0.2, -0.15) is 0 Å².